The highest BCUT2D eigenvalue weighted by Gasteiger charge is 2.12. The Balaban J connectivity index is 1.78. The molecule has 2 aromatic heterocycles. The zero-order valence-electron chi connectivity index (χ0n) is 12.8. The van der Waals surface area contributed by atoms with Gasteiger partial charge < -0.3 is 5.32 Å². The minimum Gasteiger partial charge on any atom is -0.300 e. The molecule has 0 unspecified atom stereocenters. The van der Waals surface area contributed by atoms with Crippen LogP contribution in [0.1, 0.15) is 25.3 Å². The predicted octanol–water partition coefficient (Wildman–Crippen LogP) is 2.41. The molecule has 0 aliphatic rings. The summed E-state index contributed by atoms with van der Waals surface area (Å²) in [7, 11) is 0. The second kappa shape index (κ2) is 8.31. The van der Waals surface area contributed by atoms with Gasteiger partial charge in [0.25, 0.3) is 0 Å². The van der Waals surface area contributed by atoms with E-state index in [1.165, 1.54) is 34.4 Å². The number of hydrogen-bond donors (Lipinski definition) is 2. The molecule has 0 spiro atoms. The van der Waals surface area contributed by atoms with Crippen molar-refractivity contribution in [2.24, 2.45) is 5.92 Å². The van der Waals surface area contributed by atoms with Crippen molar-refractivity contribution in [1.29, 1.82) is 0 Å². The Labute approximate surface area is 145 Å². The molecule has 0 saturated heterocycles. The van der Waals surface area contributed by atoms with Gasteiger partial charge in [-0.3, -0.25) is 14.9 Å². The van der Waals surface area contributed by atoms with E-state index in [9.17, 15) is 9.59 Å². The number of nitrogens with one attached hydrogen (secondary N) is 2. The zero-order chi connectivity index (χ0) is 16.8. The molecule has 2 heterocycles. The average Bonchev–Trinajstić information content (AvgIpc) is 3.05. The van der Waals surface area contributed by atoms with Crippen molar-refractivity contribution in [1.82, 2.24) is 20.4 Å². The Morgan fingerprint density at radius 3 is 2.35 bits per heavy atom. The molecule has 0 aliphatic carbocycles. The standard InChI is InChI=1S/C12H16N6O2S3/c1-6(2)4-8(19)13-11-17-18-12(23-11)21-5-9(20)14-10-16-15-7(3)22-10/h6H,4-5H2,1-3H3,(H,13,17,19)(H,14,16,20). The Morgan fingerprint density at radius 1 is 1.04 bits per heavy atom. The first-order valence-electron chi connectivity index (χ1n) is 6.78. The van der Waals surface area contributed by atoms with Crippen molar-refractivity contribution >= 4 is 56.5 Å². The smallest absolute Gasteiger partial charge is 0.236 e. The first kappa shape index (κ1) is 17.8. The molecule has 8 nitrogen and oxygen atoms in total. The van der Waals surface area contributed by atoms with Gasteiger partial charge in [-0.15, -0.1) is 20.4 Å². The lowest BCUT2D eigenvalue weighted by molar-refractivity contribution is -0.117. The van der Waals surface area contributed by atoms with Crippen molar-refractivity contribution in [2.75, 3.05) is 16.4 Å². The number of aromatic nitrogens is 4. The third-order valence-electron chi connectivity index (χ3n) is 2.35. The molecule has 2 aromatic rings. The van der Waals surface area contributed by atoms with Crippen molar-refractivity contribution in [3.8, 4) is 0 Å². The molecule has 2 N–H and O–H groups in total. The third-order valence-corrected chi connectivity index (χ3v) is 5.07. The highest BCUT2D eigenvalue weighted by molar-refractivity contribution is 8.01. The molecule has 0 atom stereocenters. The summed E-state index contributed by atoms with van der Waals surface area (Å²) < 4.78 is 0.619. The van der Waals surface area contributed by atoms with E-state index in [2.05, 4.69) is 31.0 Å². The summed E-state index contributed by atoms with van der Waals surface area (Å²) >= 11 is 3.82. The van der Waals surface area contributed by atoms with Gasteiger partial charge in [0.2, 0.25) is 22.1 Å². The summed E-state index contributed by atoms with van der Waals surface area (Å²) in [5, 5.41) is 22.6. The summed E-state index contributed by atoms with van der Waals surface area (Å²) in [4.78, 5) is 23.4. The lowest BCUT2D eigenvalue weighted by Gasteiger charge is -2.02. The van der Waals surface area contributed by atoms with E-state index in [4.69, 9.17) is 0 Å². The number of thioether (sulfide) groups is 1. The molecule has 124 valence electrons. The molecule has 0 fully saturated rings. The van der Waals surface area contributed by atoms with Crippen LogP contribution in [-0.4, -0.2) is 38.0 Å². The van der Waals surface area contributed by atoms with Crippen molar-refractivity contribution in [3.63, 3.8) is 0 Å². The quantitative estimate of drug-likeness (QED) is 0.567. The number of amides is 2. The van der Waals surface area contributed by atoms with Crippen LogP contribution in [-0.2, 0) is 9.59 Å². The summed E-state index contributed by atoms with van der Waals surface area (Å²) in [5.41, 5.74) is 0. The van der Waals surface area contributed by atoms with Crippen LogP contribution in [0.25, 0.3) is 0 Å². The first-order chi connectivity index (χ1) is 10.9. The lowest BCUT2D eigenvalue weighted by atomic mass is 10.1. The highest BCUT2D eigenvalue weighted by Crippen LogP contribution is 2.26. The van der Waals surface area contributed by atoms with Crippen LogP contribution in [0.2, 0.25) is 0 Å². The topological polar surface area (TPSA) is 110 Å². The fourth-order valence-electron chi connectivity index (χ4n) is 1.49. The SMILES string of the molecule is Cc1nnc(NC(=O)CSc2nnc(NC(=O)CC(C)C)s2)s1. The van der Waals surface area contributed by atoms with Crippen LogP contribution >= 0.6 is 34.4 Å². The van der Waals surface area contributed by atoms with Crippen LogP contribution in [0.3, 0.4) is 0 Å². The Kier molecular flexibility index (Phi) is 6.42. The molecule has 0 saturated carbocycles. The molecular formula is C12H16N6O2S3. The maximum Gasteiger partial charge on any atom is 0.236 e. The van der Waals surface area contributed by atoms with E-state index in [0.717, 1.165) is 5.01 Å². The van der Waals surface area contributed by atoms with Crippen LogP contribution in [0.5, 0.6) is 0 Å². The minimum absolute atomic E-state index is 0.0860. The molecule has 0 radical (unpaired) electrons. The number of rotatable bonds is 7. The Hall–Kier alpha value is -1.59. The maximum atomic E-state index is 11.8. The number of anilines is 2. The van der Waals surface area contributed by atoms with E-state index in [1.807, 2.05) is 20.8 Å². The number of carbonyl (C=O) groups excluding carboxylic acids is 2. The van der Waals surface area contributed by atoms with Gasteiger partial charge >= 0.3 is 0 Å². The van der Waals surface area contributed by atoms with Gasteiger partial charge in [-0.2, -0.15) is 0 Å². The molecule has 2 rings (SSSR count). The number of carbonyl (C=O) groups is 2. The molecule has 23 heavy (non-hydrogen) atoms. The predicted molar refractivity (Wildman–Crippen MR) is 92.0 cm³/mol. The van der Waals surface area contributed by atoms with Crippen molar-refractivity contribution in [2.45, 2.75) is 31.5 Å². The van der Waals surface area contributed by atoms with Gasteiger partial charge in [0.1, 0.15) is 5.01 Å². The first-order valence-corrected chi connectivity index (χ1v) is 9.40. The second-order valence-electron chi connectivity index (χ2n) is 4.98. The number of nitrogens with zero attached hydrogens (tertiary/aromatic N) is 4. The van der Waals surface area contributed by atoms with Crippen LogP contribution in [0.4, 0.5) is 10.3 Å². The van der Waals surface area contributed by atoms with Gasteiger partial charge in [0.15, 0.2) is 4.34 Å². The monoisotopic (exact) mass is 372 g/mol. The molecule has 0 aromatic carbocycles. The van der Waals surface area contributed by atoms with Crippen LogP contribution in [0.15, 0.2) is 4.34 Å². The van der Waals surface area contributed by atoms with E-state index < -0.39 is 0 Å². The van der Waals surface area contributed by atoms with Gasteiger partial charge in [-0.25, -0.2) is 0 Å². The summed E-state index contributed by atoms with van der Waals surface area (Å²) in [5.74, 6) is 0.195. The number of aryl methyl sites for hydroxylation is 1. The lowest BCUT2D eigenvalue weighted by Crippen LogP contribution is -2.13. The number of hydrogen-bond acceptors (Lipinski definition) is 9. The van der Waals surface area contributed by atoms with Gasteiger partial charge in [0, 0.05) is 6.42 Å². The average molecular weight is 373 g/mol. The molecule has 11 heteroatoms. The van der Waals surface area contributed by atoms with Gasteiger partial charge in [-0.1, -0.05) is 48.3 Å². The maximum absolute atomic E-state index is 11.8. The Morgan fingerprint density at radius 2 is 1.70 bits per heavy atom. The van der Waals surface area contributed by atoms with E-state index >= 15 is 0 Å². The van der Waals surface area contributed by atoms with Crippen LogP contribution in [0, 0.1) is 12.8 Å². The minimum atomic E-state index is -0.188. The Bertz CT molecular complexity index is 684. The van der Waals surface area contributed by atoms with Gasteiger partial charge in [0.05, 0.1) is 5.75 Å². The van der Waals surface area contributed by atoms with Gasteiger partial charge in [-0.05, 0) is 12.8 Å². The normalized spacial score (nSPS) is 10.8. The zero-order valence-corrected chi connectivity index (χ0v) is 15.3. The van der Waals surface area contributed by atoms with Crippen molar-refractivity contribution in [3.05, 3.63) is 5.01 Å². The van der Waals surface area contributed by atoms with E-state index in [1.54, 1.807) is 0 Å². The van der Waals surface area contributed by atoms with E-state index in [0.29, 0.717) is 21.0 Å². The molecular weight excluding hydrogens is 356 g/mol. The molecule has 2 amide bonds. The molecule has 0 bridgehead atoms. The van der Waals surface area contributed by atoms with Crippen molar-refractivity contribution < 1.29 is 9.59 Å². The largest absolute Gasteiger partial charge is 0.300 e. The van der Waals surface area contributed by atoms with E-state index in [-0.39, 0.29) is 23.5 Å². The summed E-state index contributed by atoms with van der Waals surface area (Å²) in [6.45, 7) is 5.76. The summed E-state index contributed by atoms with van der Waals surface area (Å²) in [6.07, 6.45) is 0.436. The molecule has 0 aliphatic heterocycles. The fourth-order valence-corrected chi connectivity index (χ4v) is 3.67. The highest BCUT2D eigenvalue weighted by atomic mass is 32.2. The second-order valence-corrected chi connectivity index (χ2v) is 8.36. The fraction of sp³-hybridized carbons (Fsp3) is 0.500. The summed E-state index contributed by atoms with van der Waals surface area (Å²) in [6, 6.07) is 0. The van der Waals surface area contributed by atoms with Crippen LogP contribution < -0.4 is 10.6 Å². The third kappa shape index (κ3) is 6.20.